The molecule has 0 atom stereocenters. The van der Waals surface area contributed by atoms with E-state index in [0.29, 0.717) is 16.5 Å². The minimum atomic E-state index is -0.272. The first-order chi connectivity index (χ1) is 8.75. The number of carbonyl (C=O) groups is 2. The van der Waals surface area contributed by atoms with Gasteiger partial charge in [0.25, 0.3) is 5.91 Å². The summed E-state index contributed by atoms with van der Waals surface area (Å²) in [5, 5.41) is 5.00. The lowest BCUT2D eigenvalue weighted by Gasteiger charge is -2.26. The Hall–Kier alpha value is -1.05. The molecular formula is C11H15N3O2S2. The van der Waals surface area contributed by atoms with Crippen LogP contribution >= 0.6 is 23.1 Å². The summed E-state index contributed by atoms with van der Waals surface area (Å²) in [5.41, 5.74) is 4.81. The summed E-state index contributed by atoms with van der Waals surface area (Å²) < 4.78 is 0. The van der Waals surface area contributed by atoms with Crippen LogP contribution in [0.1, 0.15) is 9.67 Å². The minimum Gasteiger partial charge on any atom is -0.316 e. The Morgan fingerprint density at radius 1 is 1.44 bits per heavy atom. The highest BCUT2D eigenvalue weighted by Gasteiger charge is 2.16. The van der Waals surface area contributed by atoms with Crippen molar-refractivity contribution in [3.05, 3.63) is 22.4 Å². The number of amides is 2. The fourth-order valence-corrected chi connectivity index (χ4v) is 2.98. The van der Waals surface area contributed by atoms with E-state index in [1.165, 1.54) is 11.3 Å². The van der Waals surface area contributed by atoms with Crippen molar-refractivity contribution in [3.63, 3.8) is 0 Å². The maximum absolute atomic E-state index is 11.5. The van der Waals surface area contributed by atoms with Gasteiger partial charge in [0, 0.05) is 0 Å². The topological polar surface area (TPSA) is 70.2 Å². The monoisotopic (exact) mass is 285 g/mol. The van der Waals surface area contributed by atoms with E-state index < -0.39 is 0 Å². The number of thioether (sulfide) groups is 1. The van der Waals surface area contributed by atoms with E-state index >= 15 is 0 Å². The SMILES string of the molecule is O=C(CSCC1CNC1)NNC(=O)c1cccs1. The van der Waals surface area contributed by atoms with Gasteiger partial charge < -0.3 is 5.32 Å². The van der Waals surface area contributed by atoms with Crippen molar-refractivity contribution in [1.82, 2.24) is 16.2 Å². The van der Waals surface area contributed by atoms with E-state index in [1.807, 2.05) is 5.38 Å². The second kappa shape index (κ2) is 6.77. The van der Waals surface area contributed by atoms with Crippen LogP contribution in [0.15, 0.2) is 17.5 Å². The van der Waals surface area contributed by atoms with Crippen molar-refractivity contribution in [1.29, 1.82) is 0 Å². The van der Waals surface area contributed by atoms with Crippen molar-refractivity contribution in [2.24, 2.45) is 5.92 Å². The van der Waals surface area contributed by atoms with Gasteiger partial charge in [-0.3, -0.25) is 20.4 Å². The third kappa shape index (κ3) is 4.01. The lowest BCUT2D eigenvalue weighted by Crippen LogP contribution is -2.44. The van der Waals surface area contributed by atoms with Crippen LogP contribution in [-0.4, -0.2) is 36.4 Å². The first-order valence-electron chi connectivity index (χ1n) is 5.67. The van der Waals surface area contributed by atoms with E-state index in [9.17, 15) is 9.59 Å². The molecule has 1 aliphatic rings. The van der Waals surface area contributed by atoms with E-state index in [0.717, 1.165) is 18.8 Å². The van der Waals surface area contributed by atoms with E-state index in [-0.39, 0.29) is 11.8 Å². The van der Waals surface area contributed by atoms with Crippen LogP contribution in [0, 0.1) is 5.92 Å². The maximum Gasteiger partial charge on any atom is 0.279 e. The molecule has 1 saturated heterocycles. The molecule has 0 aromatic carbocycles. The van der Waals surface area contributed by atoms with Gasteiger partial charge in [0.15, 0.2) is 0 Å². The summed E-state index contributed by atoms with van der Waals surface area (Å²) in [6.07, 6.45) is 0. The Bertz CT molecular complexity index is 404. The predicted molar refractivity (Wildman–Crippen MR) is 73.6 cm³/mol. The molecule has 0 unspecified atom stereocenters. The third-order valence-electron chi connectivity index (χ3n) is 2.51. The molecule has 0 bridgehead atoms. The van der Waals surface area contributed by atoms with Crippen LogP contribution in [-0.2, 0) is 4.79 Å². The normalized spacial score (nSPS) is 14.9. The molecule has 2 amide bonds. The van der Waals surface area contributed by atoms with Gasteiger partial charge in [-0.05, 0) is 36.2 Å². The summed E-state index contributed by atoms with van der Waals surface area (Å²) in [6.45, 7) is 2.09. The summed E-state index contributed by atoms with van der Waals surface area (Å²) in [4.78, 5) is 23.5. The van der Waals surface area contributed by atoms with E-state index in [2.05, 4.69) is 16.2 Å². The maximum atomic E-state index is 11.5. The molecule has 1 fully saturated rings. The average Bonchev–Trinajstić information content (AvgIpc) is 2.83. The van der Waals surface area contributed by atoms with Crippen LogP contribution in [0.5, 0.6) is 0 Å². The van der Waals surface area contributed by atoms with Crippen molar-refractivity contribution in [2.75, 3.05) is 24.6 Å². The quantitative estimate of drug-likeness (QED) is 0.688. The number of hydrazine groups is 1. The number of hydrogen-bond acceptors (Lipinski definition) is 5. The van der Waals surface area contributed by atoms with Crippen molar-refractivity contribution in [2.45, 2.75) is 0 Å². The summed E-state index contributed by atoms with van der Waals surface area (Å²) in [6, 6.07) is 3.51. The molecule has 98 valence electrons. The Balaban J connectivity index is 1.57. The average molecular weight is 285 g/mol. The molecule has 1 aliphatic heterocycles. The Kier molecular flexibility index (Phi) is 5.03. The van der Waals surface area contributed by atoms with Crippen LogP contribution < -0.4 is 16.2 Å². The van der Waals surface area contributed by atoms with Gasteiger partial charge in [0.1, 0.15) is 0 Å². The molecule has 1 aromatic heterocycles. The molecule has 3 N–H and O–H groups in total. The number of carbonyl (C=O) groups excluding carboxylic acids is 2. The van der Waals surface area contributed by atoms with Gasteiger partial charge >= 0.3 is 0 Å². The predicted octanol–water partition coefficient (Wildman–Crippen LogP) is 0.462. The van der Waals surface area contributed by atoms with Crippen molar-refractivity contribution < 1.29 is 9.59 Å². The summed E-state index contributed by atoms with van der Waals surface area (Å²) in [5.74, 6) is 1.60. The number of nitrogens with one attached hydrogen (secondary N) is 3. The zero-order valence-electron chi connectivity index (χ0n) is 9.77. The second-order valence-corrected chi connectivity index (χ2v) is 6.00. The Labute approximate surface area is 114 Å². The highest BCUT2D eigenvalue weighted by molar-refractivity contribution is 7.99. The summed E-state index contributed by atoms with van der Waals surface area (Å²) >= 11 is 2.93. The van der Waals surface area contributed by atoms with Gasteiger partial charge in [-0.15, -0.1) is 11.3 Å². The van der Waals surface area contributed by atoms with Crippen LogP contribution in [0.4, 0.5) is 0 Å². The number of rotatable bonds is 5. The second-order valence-electron chi connectivity index (χ2n) is 4.02. The molecule has 7 heteroatoms. The fraction of sp³-hybridized carbons (Fsp3) is 0.455. The zero-order chi connectivity index (χ0) is 12.8. The highest BCUT2D eigenvalue weighted by Crippen LogP contribution is 2.11. The largest absolute Gasteiger partial charge is 0.316 e. The minimum absolute atomic E-state index is 0.169. The van der Waals surface area contributed by atoms with Crippen LogP contribution in [0.25, 0.3) is 0 Å². The molecule has 5 nitrogen and oxygen atoms in total. The standard InChI is InChI=1S/C11H15N3O2S2/c15-10(7-17-6-8-4-12-5-8)13-14-11(16)9-2-1-3-18-9/h1-3,8,12H,4-7H2,(H,13,15)(H,14,16). The number of thiophene rings is 1. The lowest BCUT2D eigenvalue weighted by atomic mass is 10.1. The molecular weight excluding hydrogens is 270 g/mol. The zero-order valence-corrected chi connectivity index (χ0v) is 11.4. The lowest BCUT2D eigenvalue weighted by molar-refractivity contribution is -0.119. The van der Waals surface area contributed by atoms with Crippen molar-refractivity contribution in [3.8, 4) is 0 Å². The Morgan fingerprint density at radius 2 is 2.28 bits per heavy atom. The molecule has 0 saturated carbocycles. The van der Waals surface area contributed by atoms with Gasteiger partial charge in [-0.2, -0.15) is 11.8 Å². The molecule has 1 aromatic rings. The van der Waals surface area contributed by atoms with Crippen molar-refractivity contribution >= 4 is 34.9 Å². The molecule has 0 radical (unpaired) electrons. The smallest absolute Gasteiger partial charge is 0.279 e. The van der Waals surface area contributed by atoms with E-state index in [1.54, 1.807) is 23.9 Å². The summed E-state index contributed by atoms with van der Waals surface area (Å²) in [7, 11) is 0. The molecule has 2 rings (SSSR count). The first-order valence-corrected chi connectivity index (χ1v) is 7.70. The third-order valence-corrected chi connectivity index (χ3v) is 4.56. The Morgan fingerprint density at radius 3 is 2.89 bits per heavy atom. The van der Waals surface area contributed by atoms with Gasteiger partial charge in [-0.1, -0.05) is 6.07 Å². The van der Waals surface area contributed by atoms with E-state index in [4.69, 9.17) is 0 Å². The number of hydrogen-bond donors (Lipinski definition) is 3. The molecule has 0 spiro atoms. The van der Waals surface area contributed by atoms with Crippen LogP contribution in [0.3, 0.4) is 0 Å². The van der Waals surface area contributed by atoms with Gasteiger partial charge in [0.05, 0.1) is 10.6 Å². The molecule has 2 heterocycles. The molecule has 0 aliphatic carbocycles. The molecule has 18 heavy (non-hydrogen) atoms. The fourth-order valence-electron chi connectivity index (χ4n) is 1.42. The van der Waals surface area contributed by atoms with Crippen LogP contribution in [0.2, 0.25) is 0 Å². The highest BCUT2D eigenvalue weighted by atomic mass is 32.2. The van der Waals surface area contributed by atoms with Gasteiger partial charge in [-0.25, -0.2) is 0 Å². The van der Waals surface area contributed by atoms with Gasteiger partial charge in [0.2, 0.25) is 5.91 Å². The first kappa shape index (κ1) is 13.4.